The van der Waals surface area contributed by atoms with Crippen molar-refractivity contribution in [2.24, 2.45) is 0 Å². The predicted molar refractivity (Wildman–Crippen MR) is 74.7 cm³/mol. The number of nitrogens with one attached hydrogen (secondary N) is 1. The molecule has 1 heterocycles. The highest BCUT2D eigenvalue weighted by Gasteiger charge is 2.34. The van der Waals surface area contributed by atoms with Gasteiger partial charge in [-0.25, -0.2) is 4.79 Å². The van der Waals surface area contributed by atoms with E-state index in [1.54, 1.807) is 24.3 Å². The fourth-order valence-corrected chi connectivity index (χ4v) is 2.04. The number of Topliss-reactive ketones (excluding diaryl/α,β-unsaturated/α-hetero) is 1. The van der Waals surface area contributed by atoms with Crippen LogP contribution in [0.3, 0.4) is 0 Å². The first-order valence-corrected chi connectivity index (χ1v) is 7.08. The van der Waals surface area contributed by atoms with Gasteiger partial charge in [0.2, 0.25) is 11.5 Å². The number of ketones is 1. The maximum absolute atomic E-state index is 12.2. The normalized spacial score (nSPS) is 11.5. The Balaban J connectivity index is 2.57. The summed E-state index contributed by atoms with van der Waals surface area (Å²) in [5.74, 6) is -0.243. The minimum Gasteiger partial charge on any atom is -0.290 e. The highest BCUT2D eigenvalue weighted by molar-refractivity contribution is 9.40. The minimum atomic E-state index is -1.05. The molecule has 18 heavy (non-hydrogen) atoms. The van der Waals surface area contributed by atoms with E-state index in [1.165, 1.54) is 10.9 Å². The third kappa shape index (κ3) is 2.81. The van der Waals surface area contributed by atoms with E-state index in [0.29, 0.717) is 11.3 Å². The molecule has 1 N–H and O–H groups in total. The SMILES string of the molecule is O=C(c1ccccc1-[n+]1cc(=O)o[nH]1)C(Br)(Br)Br. The molecule has 0 saturated heterocycles. The second-order valence-electron chi connectivity index (χ2n) is 3.36. The first kappa shape index (κ1) is 13.7. The van der Waals surface area contributed by atoms with Crippen LogP contribution in [0.25, 0.3) is 5.69 Å². The fourth-order valence-electron chi connectivity index (χ4n) is 1.40. The van der Waals surface area contributed by atoms with Crippen molar-refractivity contribution in [1.29, 1.82) is 0 Å². The van der Waals surface area contributed by atoms with E-state index in [2.05, 4.69) is 57.6 Å². The Morgan fingerprint density at radius 3 is 2.50 bits per heavy atom. The number of nitrogens with zero attached hydrogens (tertiary/aromatic N) is 1. The lowest BCUT2D eigenvalue weighted by molar-refractivity contribution is -0.670. The third-order valence-corrected chi connectivity index (χ3v) is 3.23. The van der Waals surface area contributed by atoms with Crippen LogP contribution < -0.4 is 10.3 Å². The first-order chi connectivity index (χ1) is 8.39. The molecule has 0 aliphatic carbocycles. The molecule has 0 aliphatic rings. The zero-order chi connectivity index (χ0) is 13.3. The summed E-state index contributed by atoms with van der Waals surface area (Å²) < 4.78 is 4.87. The van der Waals surface area contributed by atoms with Crippen LogP contribution in [0, 0.1) is 0 Å². The number of hydrogen-bond acceptors (Lipinski definition) is 3. The topological polar surface area (TPSA) is 66.9 Å². The number of carbonyl (C=O) groups excluding carboxylic acids is 1. The minimum absolute atomic E-state index is 0.243. The number of para-hydroxylation sites is 1. The van der Waals surface area contributed by atoms with Gasteiger partial charge in [0.15, 0.2) is 2.14 Å². The molecule has 0 bridgehead atoms. The van der Waals surface area contributed by atoms with Crippen molar-refractivity contribution in [3.05, 3.63) is 46.4 Å². The predicted octanol–water partition coefficient (Wildman–Crippen LogP) is 2.27. The number of aromatic amines is 1. The van der Waals surface area contributed by atoms with E-state index in [-0.39, 0.29) is 5.78 Å². The summed E-state index contributed by atoms with van der Waals surface area (Å²) in [6, 6.07) is 6.82. The molecule has 1 aromatic carbocycles. The molecule has 0 saturated carbocycles. The highest BCUT2D eigenvalue weighted by Crippen LogP contribution is 2.37. The Hall–Kier alpha value is -0.730. The molecule has 8 heteroatoms. The van der Waals surface area contributed by atoms with Crippen LogP contribution in [-0.2, 0) is 0 Å². The van der Waals surface area contributed by atoms with Crippen LogP contribution in [0.2, 0.25) is 0 Å². The summed E-state index contributed by atoms with van der Waals surface area (Å²) in [5.41, 5.74) is 0.390. The lowest BCUT2D eigenvalue weighted by Crippen LogP contribution is -2.35. The second-order valence-corrected chi connectivity index (χ2v) is 10.1. The van der Waals surface area contributed by atoms with E-state index in [1.807, 2.05) is 0 Å². The molecule has 94 valence electrons. The second kappa shape index (κ2) is 5.10. The molecule has 0 spiro atoms. The molecule has 0 amide bonds. The molecule has 0 atom stereocenters. The van der Waals surface area contributed by atoms with Gasteiger partial charge >= 0.3 is 5.63 Å². The molecule has 0 aliphatic heterocycles. The summed E-state index contributed by atoms with van der Waals surface area (Å²) in [6.45, 7) is 0. The van der Waals surface area contributed by atoms with Crippen molar-refractivity contribution < 1.29 is 14.0 Å². The standard InChI is InChI=1S/C10H5Br3N2O3/c11-10(12,13)9(17)6-3-1-2-4-7(6)15-5-8(16)18-14-15/h1-5H/p+1. The molecular formula is C10H6Br3N2O3+. The number of hydrogen-bond donors (Lipinski definition) is 1. The molecule has 2 rings (SSSR count). The number of halogens is 3. The lowest BCUT2D eigenvalue weighted by atomic mass is 10.1. The third-order valence-electron chi connectivity index (χ3n) is 2.14. The van der Waals surface area contributed by atoms with E-state index >= 15 is 0 Å². The van der Waals surface area contributed by atoms with E-state index < -0.39 is 7.77 Å². The monoisotopic (exact) mass is 439 g/mol. The lowest BCUT2D eigenvalue weighted by Gasteiger charge is -2.10. The first-order valence-electron chi connectivity index (χ1n) is 4.70. The van der Waals surface area contributed by atoms with Crippen molar-refractivity contribution >= 4 is 53.6 Å². The van der Waals surface area contributed by atoms with Gasteiger partial charge in [0.25, 0.3) is 6.20 Å². The molecular weight excluding hydrogens is 436 g/mol. The van der Waals surface area contributed by atoms with Crippen molar-refractivity contribution in [2.45, 2.75) is 2.14 Å². The van der Waals surface area contributed by atoms with E-state index in [0.717, 1.165) is 0 Å². The Bertz CT molecular complexity index is 642. The number of carbonyl (C=O) groups is 1. The number of H-pyrrole nitrogens is 1. The molecule has 0 unspecified atom stereocenters. The highest BCUT2D eigenvalue weighted by atomic mass is 80.0. The summed E-state index contributed by atoms with van der Waals surface area (Å²) in [7, 11) is 0. The Morgan fingerprint density at radius 1 is 1.28 bits per heavy atom. The van der Waals surface area contributed by atoms with Gasteiger partial charge in [-0.3, -0.25) is 9.32 Å². The Morgan fingerprint density at radius 2 is 1.94 bits per heavy atom. The van der Waals surface area contributed by atoms with Crippen molar-refractivity contribution in [1.82, 2.24) is 5.27 Å². The number of rotatable bonds is 2. The average Bonchev–Trinajstić information content (AvgIpc) is 2.73. The van der Waals surface area contributed by atoms with Crippen molar-refractivity contribution in [2.75, 3.05) is 0 Å². The van der Waals surface area contributed by atoms with Gasteiger partial charge < -0.3 is 0 Å². The zero-order valence-electron chi connectivity index (χ0n) is 8.69. The maximum Gasteiger partial charge on any atom is 0.427 e. The van der Waals surface area contributed by atoms with Crippen molar-refractivity contribution in [3.63, 3.8) is 0 Å². The quantitative estimate of drug-likeness (QED) is 0.441. The van der Waals surface area contributed by atoms with Gasteiger partial charge in [-0.2, -0.15) is 0 Å². The number of benzene rings is 1. The zero-order valence-corrected chi connectivity index (χ0v) is 13.5. The molecule has 0 radical (unpaired) electrons. The van der Waals surface area contributed by atoms with E-state index in [4.69, 9.17) is 0 Å². The van der Waals surface area contributed by atoms with E-state index in [9.17, 15) is 9.59 Å². The summed E-state index contributed by atoms with van der Waals surface area (Å²) in [4.78, 5) is 23.2. The van der Waals surface area contributed by atoms with Gasteiger partial charge in [-0.15, -0.1) is 0 Å². The van der Waals surface area contributed by atoms with Gasteiger partial charge in [0.1, 0.15) is 0 Å². The Labute approximate surface area is 127 Å². The van der Waals surface area contributed by atoms with Crippen molar-refractivity contribution in [3.8, 4) is 5.69 Å². The van der Waals surface area contributed by atoms with Crippen LogP contribution in [0.15, 0.2) is 39.8 Å². The fraction of sp³-hybridized carbons (Fsp3) is 0.100. The van der Waals surface area contributed by atoms with Crippen LogP contribution in [0.1, 0.15) is 10.4 Å². The number of alkyl halides is 3. The van der Waals surface area contributed by atoms with Crippen LogP contribution in [0.5, 0.6) is 0 Å². The molecule has 2 aromatic rings. The average molecular weight is 442 g/mol. The number of aromatic nitrogens is 2. The van der Waals surface area contributed by atoms with Crippen LogP contribution in [-0.4, -0.2) is 13.2 Å². The maximum atomic E-state index is 12.2. The summed E-state index contributed by atoms with van der Waals surface area (Å²) >= 11 is 9.52. The van der Waals surface area contributed by atoms with Crippen LogP contribution >= 0.6 is 47.8 Å². The molecule has 0 fully saturated rings. The Kier molecular flexibility index (Phi) is 3.88. The van der Waals surface area contributed by atoms with Gasteiger partial charge in [0, 0.05) is 6.07 Å². The smallest absolute Gasteiger partial charge is 0.290 e. The largest absolute Gasteiger partial charge is 0.427 e. The van der Waals surface area contributed by atoms with Gasteiger partial charge in [0.05, 0.1) is 5.56 Å². The van der Waals surface area contributed by atoms with Crippen LogP contribution in [0.4, 0.5) is 0 Å². The summed E-state index contributed by atoms with van der Waals surface area (Å²) in [5, 5.41) is 2.40. The molecule has 5 nitrogen and oxygen atoms in total. The van der Waals surface area contributed by atoms with Gasteiger partial charge in [-0.1, -0.05) is 59.9 Å². The summed E-state index contributed by atoms with van der Waals surface area (Å²) in [6.07, 6.45) is 1.21. The molecule has 1 aromatic heterocycles. The van der Waals surface area contributed by atoms with Gasteiger partial charge in [-0.05, 0) is 16.0 Å².